The van der Waals surface area contributed by atoms with Crippen molar-refractivity contribution < 1.29 is 36.3 Å². The molecular formula is C27H28ClF3N4O5S. The van der Waals surface area contributed by atoms with Gasteiger partial charge >= 0.3 is 12.1 Å². The summed E-state index contributed by atoms with van der Waals surface area (Å²) in [5.74, 6) is -2.72. The van der Waals surface area contributed by atoms with E-state index in [4.69, 9.17) is 21.5 Å². The number of hydrogen-bond donors (Lipinski definition) is 4. The van der Waals surface area contributed by atoms with Gasteiger partial charge in [0.1, 0.15) is 4.90 Å². The van der Waals surface area contributed by atoms with E-state index in [9.17, 15) is 26.4 Å². The predicted molar refractivity (Wildman–Crippen MR) is 148 cm³/mol. The highest BCUT2D eigenvalue weighted by Gasteiger charge is 2.38. The minimum Gasteiger partial charge on any atom is -0.475 e. The molecule has 1 amide bonds. The highest BCUT2D eigenvalue weighted by molar-refractivity contribution is 7.89. The molecule has 0 fully saturated rings. The Morgan fingerprint density at radius 1 is 1.15 bits per heavy atom. The van der Waals surface area contributed by atoms with Crippen molar-refractivity contribution in [3.8, 4) is 0 Å². The Hall–Kier alpha value is -3.68. The van der Waals surface area contributed by atoms with Crippen LogP contribution in [-0.2, 0) is 32.6 Å². The number of aryl methyl sites for hydroxylation is 3. The van der Waals surface area contributed by atoms with Gasteiger partial charge in [0.2, 0.25) is 15.9 Å². The number of carbonyl (C=O) groups excluding carboxylic acids is 1. The first-order valence-electron chi connectivity index (χ1n) is 12.3. The molecule has 1 aliphatic rings. The average Bonchev–Trinajstić information content (AvgIpc) is 2.87. The maximum atomic E-state index is 12.9. The zero-order valence-electron chi connectivity index (χ0n) is 22.3. The van der Waals surface area contributed by atoms with E-state index in [0.717, 1.165) is 33.6 Å². The third-order valence-electron chi connectivity index (χ3n) is 6.18. The molecule has 1 atom stereocenters. The number of sulfonamides is 1. The van der Waals surface area contributed by atoms with Crippen molar-refractivity contribution in [1.82, 2.24) is 9.71 Å². The van der Waals surface area contributed by atoms with E-state index >= 15 is 0 Å². The number of carboxylic acid groups (broad SMARTS) is 1. The van der Waals surface area contributed by atoms with Crippen LogP contribution in [0.3, 0.4) is 0 Å². The second-order valence-corrected chi connectivity index (χ2v) is 11.5. The molecule has 4 rings (SSSR count). The lowest BCUT2D eigenvalue weighted by atomic mass is 9.97. The van der Waals surface area contributed by atoms with Crippen LogP contribution in [0, 0.1) is 13.8 Å². The molecule has 14 heteroatoms. The second kappa shape index (κ2) is 12.9. The molecule has 0 saturated carbocycles. The maximum Gasteiger partial charge on any atom is 0.490 e. The third-order valence-corrected chi connectivity index (χ3v) is 8.06. The zero-order valence-corrected chi connectivity index (χ0v) is 23.8. The number of amides is 1. The number of nitrogens with one attached hydrogen (secondary N) is 3. The summed E-state index contributed by atoms with van der Waals surface area (Å²) in [6.07, 6.45) is -2.21. The van der Waals surface area contributed by atoms with Gasteiger partial charge < -0.3 is 15.7 Å². The molecule has 1 aliphatic heterocycles. The van der Waals surface area contributed by atoms with Gasteiger partial charge in [-0.25, -0.2) is 17.9 Å². The first-order valence-corrected chi connectivity index (χ1v) is 14.1. The summed E-state index contributed by atoms with van der Waals surface area (Å²) in [7, 11) is -3.80. The molecule has 0 spiro atoms. The van der Waals surface area contributed by atoms with E-state index in [0.29, 0.717) is 18.5 Å². The topological polar surface area (TPSA) is 137 Å². The molecule has 2 heterocycles. The van der Waals surface area contributed by atoms with Crippen LogP contribution in [-0.4, -0.2) is 36.6 Å². The van der Waals surface area contributed by atoms with Gasteiger partial charge in [-0.3, -0.25) is 9.78 Å². The Bertz CT molecular complexity index is 1560. The monoisotopic (exact) mass is 612 g/mol. The van der Waals surface area contributed by atoms with Crippen molar-refractivity contribution in [2.75, 3.05) is 10.6 Å². The lowest BCUT2D eigenvalue weighted by Crippen LogP contribution is -2.24. The molecule has 4 N–H and O–H groups in total. The van der Waals surface area contributed by atoms with E-state index in [1.165, 1.54) is 6.07 Å². The largest absolute Gasteiger partial charge is 0.490 e. The van der Waals surface area contributed by atoms with Crippen molar-refractivity contribution in [3.05, 3.63) is 81.6 Å². The Kier molecular flexibility index (Phi) is 10.0. The van der Waals surface area contributed by atoms with Gasteiger partial charge in [0.15, 0.2) is 0 Å². The van der Waals surface area contributed by atoms with Crippen molar-refractivity contribution in [3.63, 3.8) is 0 Å². The summed E-state index contributed by atoms with van der Waals surface area (Å²) in [5.41, 5.74) is 6.39. The zero-order chi connectivity index (χ0) is 30.5. The van der Waals surface area contributed by atoms with Gasteiger partial charge in [-0.05, 0) is 79.8 Å². The molecule has 41 heavy (non-hydrogen) atoms. The number of benzene rings is 2. The minimum absolute atomic E-state index is 0.0228. The fourth-order valence-electron chi connectivity index (χ4n) is 3.97. The Morgan fingerprint density at radius 3 is 2.44 bits per heavy atom. The van der Waals surface area contributed by atoms with Gasteiger partial charge in [0.25, 0.3) is 0 Å². The van der Waals surface area contributed by atoms with Crippen LogP contribution in [0.2, 0.25) is 5.02 Å². The number of anilines is 2. The molecule has 0 bridgehead atoms. The van der Waals surface area contributed by atoms with Gasteiger partial charge in [-0.1, -0.05) is 23.7 Å². The van der Waals surface area contributed by atoms with E-state index < -0.39 is 22.2 Å². The highest BCUT2D eigenvalue weighted by atomic mass is 35.5. The molecule has 0 radical (unpaired) electrons. The number of pyridine rings is 1. The summed E-state index contributed by atoms with van der Waals surface area (Å²) in [5, 5.41) is 13.5. The first-order chi connectivity index (χ1) is 19.1. The molecule has 0 saturated heterocycles. The van der Waals surface area contributed by atoms with Crippen LogP contribution in [0.1, 0.15) is 47.3 Å². The minimum atomic E-state index is -5.08. The molecule has 1 aromatic heterocycles. The lowest BCUT2D eigenvalue weighted by Gasteiger charge is -2.21. The van der Waals surface area contributed by atoms with Crippen molar-refractivity contribution in [2.45, 2.75) is 57.3 Å². The number of carboxylic acids is 1. The molecule has 3 aromatic rings. The number of alkyl halides is 3. The van der Waals surface area contributed by atoms with Gasteiger partial charge in [0.05, 0.1) is 5.02 Å². The van der Waals surface area contributed by atoms with Gasteiger partial charge in [0, 0.05) is 42.3 Å². The Labute approximate surface area is 240 Å². The smallest absolute Gasteiger partial charge is 0.475 e. The number of aromatic nitrogens is 1. The van der Waals surface area contributed by atoms with Crippen molar-refractivity contribution in [2.24, 2.45) is 0 Å². The number of aliphatic carboxylic acids is 1. The van der Waals surface area contributed by atoms with E-state index in [1.807, 2.05) is 39.0 Å². The van der Waals surface area contributed by atoms with Crippen LogP contribution in [0.5, 0.6) is 0 Å². The molecule has 1 unspecified atom stereocenters. The molecule has 0 aliphatic carbocycles. The number of fused-ring (bicyclic) bond motifs is 1. The van der Waals surface area contributed by atoms with Crippen LogP contribution in [0.25, 0.3) is 0 Å². The molecule has 9 nitrogen and oxygen atoms in total. The van der Waals surface area contributed by atoms with Crippen LogP contribution in [0.4, 0.5) is 24.5 Å². The highest BCUT2D eigenvalue weighted by Crippen LogP contribution is 2.30. The Morgan fingerprint density at radius 2 is 1.83 bits per heavy atom. The number of carbonyl (C=O) groups is 2. The average molecular weight is 613 g/mol. The third kappa shape index (κ3) is 8.65. The summed E-state index contributed by atoms with van der Waals surface area (Å²) >= 11 is 6.37. The molecule has 220 valence electrons. The fraction of sp³-hybridized carbons (Fsp3) is 0.296. The van der Waals surface area contributed by atoms with Crippen LogP contribution < -0.4 is 15.4 Å². The predicted octanol–water partition coefficient (Wildman–Crippen LogP) is 5.52. The van der Waals surface area contributed by atoms with Gasteiger partial charge in [-0.15, -0.1) is 0 Å². The summed E-state index contributed by atoms with van der Waals surface area (Å²) in [6.45, 7) is 5.96. The normalized spacial score (nSPS) is 13.8. The Balaban J connectivity index is 0.000000587. The van der Waals surface area contributed by atoms with E-state index in [-0.39, 0.29) is 28.4 Å². The standard InChI is InChI=1S/C25H27ClN4O3S.C2HF3O2/c1-15-10-16(2)27-13-20(15)14-28-34(32,33)24-8-6-21(12-22(24)26)29-17(3)18-4-7-23-19(11-18)5-9-25(31)30-23;3-2(4,5)1(6)7/h4,6-8,10-13,17,28-29H,5,9,14H2,1-3H3,(H,30,31);(H,6,7). The molecule has 2 aromatic carbocycles. The SMILES string of the molecule is Cc1cc(C)c(CNS(=O)(=O)c2ccc(NC(C)c3ccc4c(c3)CCC(=O)N4)cc2Cl)cn1.O=C(O)C(F)(F)F. The number of halogens is 4. The van der Waals surface area contributed by atoms with Crippen LogP contribution in [0.15, 0.2) is 53.6 Å². The van der Waals surface area contributed by atoms with Crippen LogP contribution >= 0.6 is 11.6 Å². The fourth-order valence-corrected chi connectivity index (χ4v) is 5.52. The number of nitrogens with zero attached hydrogens (tertiary/aromatic N) is 1. The van der Waals surface area contributed by atoms with Crippen molar-refractivity contribution >= 4 is 44.9 Å². The number of rotatable bonds is 7. The quantitative estimate of drug-likeness (QED) is 0.276. The van der Waals surface area contributed by atoms with Gasteiger partial charge in [-0.2, -0.15) is 13.2 Å². The molecular weight excluding hydrogens is 585 g/mol. The second-order valence-electron chi connectivity index (χ2n) is 9.36. The summed E-state index contributed by atoms with van der Waals surface area (Å²) < 4.78 is 60.1. The lowest BCUT2D eigenvalue weighted by molar-refractivity contribution is -0.192. The summed E-state index contributed by atoms with van der Waals surface area (Å²) in [6, 6.07) is 12.7. The maximum absolute atomic E-state index is 12.9. The van der Waals surface area contributed by atoms with Crippen molar-refractivity contribution in [1.29, 1.82) is 0 Å². The number of hydrogen-bond acceptors (Lipinski definition) is 6. The first kappa shape index (κ1) is 31.8. The van der Waals surface area contributed by atoms with E-state index in [2.05, 4.69) is 26.4 Å². The summed E-state index contributed by atoms with van der Waals surface area (Å²) in [4.78, 5) is 24.7. The van der Waals surface area contributed by atoms with E-state index in [1.54, 1.807) is 18.3 Å².